The molecule has 0 saturated carbocycles. The number of carbonyl (C=O) groups excluding carboxylic acids is 1. The maximum absolute atomic E-state index is 11.1. The molecule has 21 heavy (non-hydrogen) atoms. The number of pyridine rings is 1. The molecule has 3 rings (SSSR count). The summed E-state index contributed by atoms with van der Waals surface area (Å²) in [4.78, 5) is 15.5. The Morgan fingerprint density at radius 2 is 1.81 bits per heavy atom. The highest BCUT2D eigenvalue weighted by molar-refractivity contribution is 5.98. The quantitative estimate of drug-likeness (QED) is 0.720. The summed E-state index contributed by atoms with van der Waals surface area (Å²) in [5, 5.41) is 5.38. The second-order valence-electron chi connectivity index (χ2n) is 5.18. The number of fused-ring (bicyclic) bond motifs is 1. The van der Waals surface area contributed by atoms with E-state index in [9.17, 15) is 4.79 Å². The van der Waals surface area contributed by atoms with Gasteiger partial charge in [0, 0.05) is 11.1 Å². The van der Waals surface area contributed by atoms with E-state index < -0.39 is 0 Å². The van der Waals surface area contributed by atoms with Crippen molar-refractivity contribution in [1.82, 2.24) is 4.98 Å². The monoisotopic (exact) mass is 276 g/mol. The zero-order valence-corrected chi connectivity index (χ0v) is 12.1. The van der Waals surface area contributed by atoms with E-state index in [1.165, 1.54) is 5.56 Å². The minimum absolute atomic E-state index is 0.437. The van der Waals surface area contributed by atoms with Crippen LogP contribution in [0.1, 0.15) is 21.6 Å². The van der Waals surface area contributed by atoms with Crippen LogP contribution in [0.2, 0.25) is 0 Å². The molecule has 1 aromatic heterocycles. The Balaban J connectivity index is 2.17. The fourth-order valence-corrected chi connectivity index (χ4v) is 2.46. The predicted molar refractivity (Wildman–Crippen MR) is 86.3 cm³/mol. The summed E-state index contributed by atoms with van der Waals surface area (Å²) < 4.78 is 0. The zero-order chi connectivity index (χ0) is 14.8. The smallest absolute Gasteiger partial charge is 0.168 e. The van der Waals surface area contributed by atoms with Gasteiger partial charge >= 0.3 is 0 Å². The van der Waals surface area contributed by atoms with Crippen molar-refractivity contribution in [1.29, 1.82) is 0 Å². The van der Waals surface area contributed by atoms with E-state index in [1.54, 1.807) is 0 Å². The summed E-state index contributed by atoms with van der Waals surface area (Å²) in [5.41, 5.74) is 3.71. The standard InChI is InChI=1S/C18H16N2O/c1-12-5-3-7-14(9-12)19-18-16-8-4-6-13(2)17(16)10-15(11-21)20-18/h3-11H,1-2H3,(H,19,20). The van der Waals surface area contributed by atoms with E-state index >= 15 is 0 Å². The number of benzene rings is 2. The Morgan fingerprint density at radius 1 is 1.00 bits per heavy atom. The van der Waals surface area contributed by atoms with Crippen LogP contribution in [0.5, 0.6) is 0 Å². The highest BCUT2D eigenvalue weighted by Gasteiger charge is 2.08. The second kappa shape index (κ2) is 5.37. The van der Waals surface area contributed by atoms with Gasteiger partial charge in [0.2, 0.25) is 0 Å². The Labute approximate surface area is 123 Å². The molecule has 0 fully saturated rings. The number of nitrogens with one attached hydrogen (secondary N) is 1. The lowest BCUT2D eigenvalue weighted by atomic mass is 10.1. The van der Waals surface area contributed by atoms with Crippen molar-refractivity contribution in [2.75, 3.05) is 5.32 Å². The number of aryl methyl sites for hydroxylation is 2. The summed E-state index contributed by atoms with van der Waals surface area (Å²) in [5.74, 6) is 0.712. The summed E-state index contributed by atoms with van der Waals surface area (Å²) in [6.45, 7) is 4.08. The molecule has 1 heterocycles. The van der Waals surface area contributed by atoms with E-state index in [0.717, 1.165) is 28.3 Å². The molecule has 0 aliphatic heterocycles. The van der Waals surface area contributed by atoms with Gasteiger partial charge in [-0.05, 0) is 48.6 Å². The molecule has 3 nitrogen and oxygen atoms in total. The molecule has 0 spiro atoms. The number of rotatable bonds is 3. The van der Waals surface area contributed by atoms with Gasteiger partial charge < -0.3 is 5.32 Å². The third-order valence-electron chi connectivity index (χ3n) is 3.51. The molecule has 3 aromatic rings. The number of aldehydes is 1. The molecular formula is C18H16N2O. The highest BCUT2D eigenvalue weighted by Crippen LogP contribution is 2.27. The fraction of sp³-hybridized carbons (Fsp3) is 0.111. The van der Waals surface area contributed by atoms with Gasteiger partial charge in [0.25, 0.3) is 0 Å². The molecule has 0 radical (unpaired) electrons. The molecule has 2 aromatic carbocycles. The predicted octanol–water partition coefficient (Wildman–Crippen LogP) is 4.41. The van der Waals surface area contributed by atoms with Crippen molar-refractivity contribution in [2.24, 2.45) is 0 Å². The fourth-order valence-electron chi connectivity index (χ4n) is 2.46. The zero-order valence-electron chi connectivity index (χ0n) is 12.1. The molecule has 0 saturated heterocycles. The van der Waals surface area contributed by atoms with Crippen LogP contribution in [0.4, 0.5) is 11.5 Å². The molecule has 0 aliphatic carbocycles. The van der Waals surface area contributed by atoms with Gasteiger partial charge in [-0.3, -0.25) is 4.79 Å². The molecule has 0 bridgehead atoms. The number of anilines is 2. The Hall–Kier alpha value is -2.68. The van der Waals surface area contributed by atoms with Gasteiger partial charge in [0.05, 0.1) is 0 Å². The van der Waals surface area contributed by atoms with Gasteiger partial charge in [-0.1, -0.05) is 30.3 Å². The summed E-state index contributed by atoms with van der Waals surface area (Å²) in [6, 6.07) is 16.0. The van der Waals surface area contributed by atoms with Crippen LogP contribution in [0.3, 0.4) is 0 Å². The van der Waals surface area contributed by atoms with Crippen LogP contribution in [-0.4, -0.2) is 11.3 Å². The average molecular weight is 276 g/mol. The number of hydrogen-bond acceptors (Lipinski definition) is 3. The lowest BCUT2D eigenvalue weighted by molar-refractivity contribution is 0.111. The summed E-state index contributed by atoms with van der Waals surface area (Å²) >= 11 is 0. The third kappa shape index (κ3) is 2.63. The van der Waals surface area contributed by atoms with Crippen molar-refractivity contribution < 1.29 is 4.79 Å². The van der Waals surface area contributed by atoms with E-state index in [0.29, 0.717) is 11.5 Å². The topological polar surface area (TPSA) is 42.0 Å². The number of aromatic nitrogens is 1. The number of nitrogens with zero attached hydrogens (tertiary/aromatic N) is 1. The molecule has 1 N–H and O–H groups in total. The van der Waals surface area contributed by atoms with Gasteiger partial charge in [0.15, 0.2) is 6.29 Å². The van der Waals surface area contributed by atoms with Crippen LogP contribution in [0.25, 0.3) is 10.8 Å². The number of hydrogen-bond donors (Lipinski definition) is 1. The molecule has 0 aliphatic rings. The van der Waals surface area contributed by atoms with Gasteiger partial charge in [-0.15, -0.1) is 0 Å². The Morgan fingerprint density at radius 3 is 2.57 bits per heavy atom. The molecule has 0 amide bonds. The van der Waals surface area contributed by atoms with Crippen molar-refractivity contribution in [3.63, 3.8) is 0 Å². The van der Waals surface area contributed by atoms with Crippen molar-refractivity contribution in [2.45, 2.75) is 13.8 Å². The van der Waals surface area contributed by atoms with Gasteiger partial charge in [0.1, 0.15) is 11.5 Å². The maximum atomic E-state index is 11.1. The molecule has 0 atom stereocenters. The Kier molecular flexibility index (Phi) is 3.40. The first-order valence-electron chi connectivity index (χ1n) is 6.86. The van der Waals surface area contributed by atoms with Gasteiger partial charge in [-0.25, -0.2) is 4.98 Å². The maximum Gasteiger partial charge on any atom is 0.168 e. The van der Waals surface area contributed by atoms with E-state index in [2.05, 4.69) is 16.4 Å². The summed E-state index contributed by atoms with van der Waals surface area (Å²) in [6.07, 6.45) is 0.785. The van der Waals surface area contributed by atoms with E-state index in [-0.39, 0.29) is 0 Å². The van der Waals surface area contributed by atoms with E-state index in [1.807, 2.05) is 56.3 Å². The van der Waals surface area contributed by atoms with Crippen LogP contribution in [0, 0.1) is 13.8 Å². The average Bonchev–Trinajstić information content (AvgIpc) is 2.48. The largest absolute Gasteiger partial charge is 0.340 e. The molecule has 0 unspecified atom stereocenters. The highest BCUT2D eigenvalue weighted by atomic mass is 16.1. The van der Waals surface area contributed by atoms with E-state index in [4.69, 9.17) is 0 Å². The number of carbonyl (C=O) groups is 1. The summed E-state index contributed by atoms with van der Waals surface area (Å²) in [7, 11) is 0. The third-order valence-corrected chi connectivity index (χ3v) is 3.51. The van der Waals surface area contributed by atoms with Crippen molar-refractivity contribution in [3.05, 3.63) is 65.4 Å². The minimum atomic E-state index is 0.437. The molecule has 3 heteroatoms. The lowest BCUT2D eigenvalue weighted by Crippen LogP contribution is -1.99. The van der Waals surface area contributed by atoms with Crippen LogP contribution in [0.15, 0.2) is 48.5 Å². The van der Waals surface area contributed by atoms with Gasteiger partial charge in [-0.2, -0.15) is 0 Å². The van der Waals surface area contributed by atoms with Crippen molar-refractivity contribution in [3.8, 4) is 0 Å². The minimum Gasteiger partial charge on any atom is -0.340 e. The molecule has 104 valence electrons. The first-order valence-corrected chi connectivity index (χ1v) is 6.86. The van der Waals surface area contributed by atoms with Crippen molar-refractivity contribution >= 4 is 28.6 Å². The molecular weight excluding hydrogens is 260 g/mol. The normalized spacial score (nSPS) is 10.6. The first kappa shape index (κ1) is 13.3. The Bertz CT molecular complexity index is 825. The van der Waals surface area contributed by atoms with Crippen LogP contribution in [-0.2, 0) is 0 Å². The first-order chi connectivity index (χ1) is 10.2. The SMILES string of the molecule is Cc1cccc(Nc2nc(C=O)cc3c(C)cccc23)c1. The second-order valence-corrected chi connectivity index (χ2v) is 5.18. The van der Waals surface area contributed by atoms with Crippen LogP contribution < -0.4 is 5.32 Å². The van der Waals surface area contributed by atoms with Crippen LogP contribution >= 0.6 is 0 Å². The lowest BCUT2D eigenvalue weighted by Gasteiger charge is -2.11.